The van der Waals surface area contributed by atoms with Crippen LogP contribution in [0, 0.1) is 5.92 Å². The molecule has 1 fully saturated rings. The number of imidazole rings is 1. The van der Waals surface area contributed by atoms with Crippen LogP contribution in [-0.4, -0.2) is 36.3 Å². The van der Waals surface area contributed by atoms with Crippen molar-refractivity contribution < 1.29 is 9.90 Å². The summed E-state index contributed by atoms with van der Waals surface area (Å²) in [6, 6.07) is -0.153. The minimum absolute atomic E-state index is 0.153. The van der Waals surface area contributed by atoms with Crippen LogP contribution in [0.4, 0.5) is 0 Å². The Bertz CT molecular complexity index is 816. The predicted molar refractivity (Wildman–Crippen MR) is 85.2 cm³/mol. The van der Waals surface area contributed by atoms with E-state index in [2.05, 4.69) is 15.4 Å². The maximum absolute atomic E-state index is 12.6. The number of aryl methyl sites for hydroxylation is 1. The fraction of sp³-hybridized carbons (Fsp3) is 0.400. The molecule has 0 bridgehead atoms. The van der Waals surface area contributed by atoms with Crippen molar-refractivity contribution in [3.05, 3.63) is 41.4 Å². The number of hydrogen-bond donors (Lipinski definition) is 2. The number of carbonyl (C=O) groups is 1. The fourth-order valence-corrected chi connectivity index (χ4v) is 3.73. The quantitative estimate of drug-likeness (QED) is 0.756. The van der Waals surface area contributed by atoms with Gasteiger partial charge in [-0.2, -0.15) is 5.10 Å². The number of aromatic nitrogens is 4. The molecule has 120 valence electrons. The molecule has 0 saturated heterocycles. The predicted octanol–water partition coefficient (Wildman–Crippen LogP) is 1.37. The van der Waals surface area contributed by atoms with Crippen LogP contribution >= 0.6 is 11.3 Å². The number of aliphatic hydroxyl groups excluding tert-OH is 1. The summed E-state index contributed by atoms with van der Waals surface area (Å²) in [5.74, 6) is 0.0259. The Morgan fingerprint density at radius 3 is 2.96 bits per heavy atom. The highest BCUT2D eigenvalue weighted by Gasteiger charge is 2.36. The maximum atomic E-state index is 12.6. The first kappa shape index (κ1) is 14.4. The van der Waals surface area contributed by atoms with Crippen molar-refractivity contribution in [2.24, 2.45) is 13.0 Å². The summed E-state index contributed by atoms with van der Waals surface area (Å²) in [7, 11) is 1.85. The Morgan fingerprint density at radius 2 is 2.30 bits per heavy atom. The average Bonchev–Trinajstić information content (AvgIpc) is 3.16. The van der Waals surface area contributed by atoms with E-state index in [0.717, 1.165) is 10.5 Å². The fourth-order valence-electron chi connectivity index (χ4n) is 3.03. The zero-order valence-electron chi connectivity index (χ0n) is 12.6. The first-order valence-electron chi connectivity index (χ1n) is 7.50. The minimum atomic E-state index is -0.269. The van der Waals surface area contributed by atoms with Crippen molar-refractivity contribution in [1.29, 1.82) is 0 Å². The van der Waals surface area contributed by atoms with Gasteiger partial charge >= 0.3 is 0 Å². The summed E-state index contributed by atoms with van der Waals surface area (Å²) >= 11 is 1.49. The summed E-state index contributed by atoms with van der Waals surface area (Å²) < 4.78 is 3.56. The molecule has 2 N–H and O–H groups in total. The molecule has 7 nitrogen and oxygen atoms in total. The van der Waals surface area contributed by atoms with Crippen molar-refractivity contribution in [1.82, 2.24) is 24.5 Å². The molecular formula is C15H17N5O2S. The normalized spacial score (nSPS) is 22.0. The third kappa shape index (κ3) is 2.64. The number of nitrogens with one attached hydrogen (secondary N) is 1. The van der Waals surface area contributed by atoms with Gasteiger partial charge in [-0.1, -0.05) is 0 Å². The van der Waals surface area contributed by atoms with Gasteiger partial charge < -0.3 is 10.4 Å². The summed E-state index contributed by atoms with van der Waals surface area (Å²) in [6.45, 7) is 0. The molecule has 4 rings (SSSR count). The van der Waals surface area contributed by atoms with E-state index in [0.29, 0.717) is 18.5 Å². The standard InChI is InChI=1S/C15H17N5O2S/c1-19-7-10(6-16-19)13(9-4-11(21)5-9)18-14(22)12-8-20-2-3-23-15(20)17-12/h2-3,6-9,11,13,21H,4-5H2,1H3,(H,18,22). The molecule has 0 spiro atoms. The highest BCUT2D eigenvalue weighted by Crippen LogP contribution is 2.38. The Hall–Kier alpha value is -2.19. The molecule has 1 amide bonds. The van der Waals surface area contributed by atoms with Crippen LogP contribution in [0.5, 0.6) is 0 Å². The van der Waals surface area contributed by atoms with Crippen molar-refractivity contribution in [3.8, 4) is 0 Å². The molecular weight excluding hydrogens is 314 g/mol. The second-order valence-electron chi connectivity index (χ2n) is 6.00. The van der Waals surface area contributed by atoms with Crippen LogP contribution in [-0.2, 0) is 7.05 Å². The summed E-state index contributed by atoms with van der Waals surface area (Å²) in [4.78, 5) is 17.7. The van der Waals surface area contributed by atoms with E-state index in [9.17, 15) is 9.90 Å². The molecule has 1 aliphatic rings. The minimum Gasteiger partial charge on any atom is -0.393 e. The van der Waals surface area contributed by atoms with Gasteiger partial charge in [0.15, 0.2) is 4.96 Å². The molecule has 3 heterocycles. The van der Waals surface area contributed by atoms with Crippen LogP contribution in [0.15, 0.2) is 30.2 Å². The van der Waals surface area contributed by atoms with Gasteiger partial charge in [0.2, 0.25) is 0 Å². The van der Waals surface area contributed by atoms with E-state index in [-0.39, 0.29) is 24.0 Å². The zero-order chi connectivity index (χ0) is 16.0. The lowest BCUT2D eigenvalue weighted by Gasteiger charge is -2.37. The summed E-state index contributed by atoms with van der Waals surface area (Å²) in [5, 5.41) is 18.8. The molecule has 1 aliphatic carbocycles. The third-order valence-corrected chi connectivity index (χ3v) is 5.09. The number of rotatable bonds is 4. The van der Waals surface area contributed by atoms with Gasteiger partial charge in [-0.3, -0.25) is 13.9 Å². The van der Waals surface area contributed by atoms with Crippen LogP contribution < -0.4 is 5.32 Å². The highest BCUT2D eigenvalue weighted by atomic mass is 32.1. The van der Waals surface area contributed by atoms with Crippen LogP contribution in [0.2, 0.25) is 0 Å². The number of thiazole rings is 1. The van der Waals surface area contributed by atoms with Crippen LogP contribution in [0.25, 0.3) is 4.96 Å². The highest BCUT2D eigenvalue weighted by molar-refractivity contribution is 7.15. The van der Waals surface area contributed by atoms with E-state index in [4.69, 9.17) is 0 Å². The first-order valence-corrected chi connectivity index (χ1v) is 8.38. The van der Waals surface area contributed by atoms with E-state index >= 15 is 0 Å². The lowest BCUT2D eigenvalue weighted by molar-refractivity contribution is 0.0234. The van der Waals surface area contributed by atoms with Gasteiger partial charge in [0.1, 0.15) is 5.69 Å². The molecule has 3 aromatic rings. The topological polar surface area (TPSA) is 84.5 Å². The van der Waals surface area contributed by atoms with Crippen molar-refractivity contribution in [2.75, 3.05) is 0 Å². The lowest BCUT2D eigenvalue weighted by Crippen LogP contribution is -2.41. The Balaban J connectivity index is 1.56. The van der Waals surface area contributed by atoms with E-state index in [1.165, 1.54) is 11.3 Å². The van der Waals surface area contributed by atoms with Gasteiger partial charge in [0, 0.05) is 36.6 Å². The van der Waals surface area contributed by atoms with Gasteiger partial charge in [-0.25, -0.2) is 4.98 Å². The van der Waals surface area contributed by atoms with E-state index in [1.54, 1.807) is 17.1 Å². The Labute approximate surface area is 136 Å². The van der Waals surface area contributed by atoms with E-state index in [1.807, 2.05) is 29.2 Å². The second kappa shape index (κ2) is 5.47. The maximum Gasteiger partial charge on any atom is 0.272 e. The van der Waals surface area contributed by atoms with Gasteiger partial charge in [0.05, 0.1) is 18.3 Å². The lowest BCUT2D eigenvalue weighted by atomic mass is 9.75. The van der Waals surface area contributed by atoms with Crippen molar-refractivity contribution >= 4 is 22.2 Å². The number of hydrogen-bond acceptors (Lipinski definition) is 5. The molecule has 0 radical (unpaired) electrons. The third-order valence-electron chi connectivity index (χ3n) is 4.32. The number of nitrogens with zero attached hydrogens (tertiary/aromatic N) is 4. The number of aliphatic hydroxyl groups is 1. The molecule has 8 heteroatoms. The Morgan fingerprint density at radius 1 is 1.48 bits per heavy atom. The molecule has 23 heavy (non-hydrogen) atoms. The van der Waals surface area contributed by atoms with Crippen LogP contribution in [0.3, 0.4) is 0 Å². The smallest absolute Gasteiger partial charge is 0.272 e. The largest absolute Gasteiger partial charge is 0.393 e. The van der Waals surface area contributed by atoms with Gasteiger partial charge in [-0.05, 0) is 18.8 Å². The van der Waals surface area contributed by atoms with Crippen molar-refractivity contribution in [2.45, 2.75) is 25.0 Å². The SMILES string of the molecule is Cn1cc(C(NC(=O)c2cn3ccsc3n2)C2CC(O)C2)cn1. The Kier molecular flexibility index (Phi) is 3.42. The first-order chi connectivity index (χ1) is 11.1. The van der Waals surface area contributed by atoms with Crippen LogP contribution in [0.1, 0.15) is 34.9 Å². The summed E-state index contributed by atoms with van der Waals surface area (Å²) in [6.07, 6.45) is 8.40. The second-order valence-corrected chi connectivity index (χ2v) is 6.88. The van der Waals surface area contributed by atoms with Gasteiger partial charge in [0.25, 0.3) is 5.91 Å². The number of carbonyl (C=O) groups excluding carboxylic acids is 1. The average molecular weight is 331 g/mol. The van der Waals surface area contributed by atoms with Crippen molar-refractivity contribution in [3.63, 3.8) is 0 Å². The molecule has 3 aromatic heterocycles. The molecule has 1 saturated carbocycles. The number of amides is 1. The summed E-state index contributed by atoms with van der Waals surface area (Å²) in [5.41, 5.74) is 1.37. The van der Waals surface area contributed by atoms with Gasteiger partial charge in [-0.15, -0.1) is 11.3 Å². The molecule has 1 unspecified atom stereocenters. The monoisotopic (exact) mass is 331 g/mol. The molecule has 1 atom stereocenters. The zero-order valence-corrected chi connectivity index (χ0v) is 13.4. The number of fused-ring (bicyclic) bond motifs is 1. The molecule has 0 aromatic carbocycles. The van der Waals surface area contributed by atoms with E-state index < -0.39 is 0 Å². The molecule has 0 aliphatic heterocycles.